The van der Waals surface area contributed by atoms with E-state index in [0.29, 0.717) is 6.04 Å². The van der Waals surface area contributed by atoms with E-state index in [0.717, 1.165) is 6.42 Å². The van der Waals surface area contributed by atoms with E-state index in [4.69, 9.17) is 0 Å². The van der Waals surface area contributed by atoms with E-state index in [1.54, 1.807) is 11.3 Å². The Morgan fingerprint density at radius 1 is 1.33 bits per heavy atom. The third-order valence-corrected chi connectivity index (χ3v) is 5.06. The molecule has 1 N–H and O–H groups in total. The number of thiazole rings is 1. The molecule has 0 aliphatic heterocycles. The van der Waals surface area contributed by atoms with Crippen LogP contribution in [-0.4, -0.2) is 12.0 Å². The second-order valence-corrected chi connectivity index (χ2v) is 6.29. The van der Waals surface area contributed by atoms with Crippen LogP contribution >= 0.6 is 22.7 Å². The number of hydrogen-bond acceptors (Lipinski definition) is 4. The molecular weight excluding hydrogens is 260 g/mol. The molecular formula is C14H14N2S2. The molecule has 2 aromatic heterocycles. The van der Waals surface area contributed by atoms with E-state index < -0.39 is 0 Å². The predicted molar refractivity (Wildman–Crippen MR) is 79.4 cm³/mol. The summed E-state index contributed by atoms with van der Waals surface area (Å²) in [4.78, 5) is 6.86. The van der Waals surface area contributed by atoms with Crippen LogP contribution in [-0.2, 0) is 6.42 Å². The summed E-state index contributed by atoms with van der Waals surface area (Å²) in [5, 5.41) is 4.74. The molecule has 0 fully saturated rings. The Morgan fingerprint density at radius 2 is 2.22 bits per heavy atom. The summed E-state index contributed by atoms with van der Waals surface area (Å²) < 4.78 is 1.36. The van der Waals surface area contributed by atoms with Crippen molar-refractivity contribution in [3.05, 3.63) is 51.8 Å². The molecule has 3 aromatic rings. The first-order valence-electron chi connectivity index (χ1n) is 5.90. The second-order valence-electron chi connectivity index (χ2n) is 4.20. The SMILES string of the molecule is CNC(Cc1cncs1)c1cc2ccccc2s1. The minimum absolute atomic E-state index is 0.378. The van der Waals surface area contributed by atoms with Gasteiger partial charge >= 0.3 is 0 Å². The quantitative estimate of drug-likeness (QED) is 0.781. The van der Waals surface area contributed by atoms with Crippen molar-refractivity contribution >= 4 is 32.8 Å². The van der Waals surface area contributed by atoms with Crippen LogP contribution in [0.15, 0.2) is 42.0 Å². The zero-order chi connectivity index (χ0) is 12.4. The number of rotatable bonds is 4. The fourth-order valence-corrected chi connectivity index (χ4v) is 3.88. The summed E-state index contributed by atoms with van der Waals surface area (Å²) in [7, 11) is 2.02. The van der Waals surface area contributed by atoms with Crippen LogP contribution in [0.1, 0.15) is 15.8 Å². The van der Waals surface area contributed by atoms with Gasteiger partial charge in [0.2, 0.25) is 0 Å². The van der Waals surface area contributed by atoms with Crippen molar-refractivity contribution in [2.75, 3.05) is 7.05 Å². The van der Waals surface area contributed by atoms with Crippen LogP contribution in [0.4, 0.5) is 0 Å². The summed E-state index contributed by atoms with van der Waals surface area (Å²) in [6, 6.07) is 11.2. The molecule has 92 valence electrons. The normalized spacial score (nSPS) is 12.9. The summed E-state index contributed by atoms with van der Waals surface area (Å²) in [6.07, 6.45) is 2.97. The Bertz CT molecular complexity index is 595. The maximum absolute atomic E-state index is 4.14. The van der Waals surface area contributed by atoms with Crippen LogP contribution in [0, 0.1) is 0 Å². The summed E-state index contributed by atoms with van der Waals surface area (Å²) in [5.74, 6) is 0. The van der Waals surface area contributed by atoms with Crippen molar-refractivity contribution < 1.29 is 0 Å². The van der Waals surface area contributed by atoms with Crippen LogP contribution in [0.25, 0.3) is 10.1 Å². The van der Waals surface area contributed by atoms with Gasteiger partial charge in [-0.2, -0.15) is 0 Å². The summed E-state index contributed by atoms with van der Waals surface area (Å²) >= 11 is 3.60. The molecule has 0 aliphatic rings. The van der Waals surface area contributed by atoms with Crippen molar-refractivity contribution in [2.45, 2.75) is 12.5 Å². The third kappa shape index (κ3) is 2.32. The van der Waals surface area contributed by atoms with E-state index in [-0.39, 0.29) is 0 Å². The molecule has 0 saturated carbocycles. The maximum atomic E-state index is 4.14. The highest BCUT2D eigenvalue weighted by Gasteiger charge is 2.14. The van der Waals surface area contributed by atoms with Gasteiger partial charge in [0, 0.05) is 33.1 Å². The summed E-state index contributed by atoms with van der Waals surface area (Å²) in [6.45, 7) is 0. The minimum atomic E-state index is 0.378. The molecule has 3 rings (SSSR count). The molecule has 0 saturated heterocycles. The molecule has 1 aromatic carbocycles. The van der Waals surface area contributed by atoms with Crippen molar-refractivity contribution in [3.63, 3.8) is 0 Å². The van der Waals surface area contributed by atoms with Gasteiger partial charge in [-0.15, -0.1) is 22.7 Å². The third-order valence-electron chi connectivity index (χ3n) is 3.03. The average Bonchev–Trinajstić information content (AvgIpc) is 3.04. The Kier molecular flexibility index (Phi) is 3.41. The second kappa shape index (κ2) is 5.18. The highest BCUT2D eigenvalue weighted by Crippen LogP contribution is 2.31. The molecule has 0 aliphatic carbocycles. The lowest BCUT2D eigenvalue weighted by Crippen LogP contribution is -2.17. The molecule has 2 nitrogen and oxygen atoms in total. The van der Waals surface area contributed by atoms with Gasteiger partial charge in [-0.05, 0) is 24.6 Å². The fourth-order valence-electron chi connectivity index (χ4n) is 2.06. The average molecular weight is 274 g/mol. The molecule has 0 amide bonds. The fraction of sp³-hybridized carbons (Fsp3) is 0.214. The Morgan fingerprint density at radius 3 is 2.94 bits per heavy atom. The lowest BCUT2D eigenvalue weighted by atomic mass is 10.1. The van der Waals surface area contributed by atoms with Crippen molar-refractivity contribution in [2.24, 2.45) is 0 Å². The highest BCUT2D eigenvalue weighted by molar-refractivity contribution is 7.19. The van der Waals surface area contributed by atoms with Crippen molar-refractivity contribution in [3.8, 4) is 0 Å². The van der Waals surface area contributed by atoms with Crippen molar-refractivity contribution in [1.29, 1.82) is 0 Å². The van der Waals surface area contributed by atoms with Gasteiger partial charge in [0.15, 0.2) is 0 Å². The Balaban J connectivity index is 1.90. The molecule has 1 unspecified atom stereocenters. The zero-order valence-electron chi connectivity index (χ0n) is 10.1. The molecule has 18 heavy (non-hydrogen) atoms. The number of likely N-dealkylation sites (N-methyl/N-ethyl adjacent to an activating group) is 1. The lowest BCUT2D eigenvalue weighted by molar-refractivity contribution is 0.606. The molecule has 0 spiro atoms. The van der Waals surface area contributed by atoms with E-state index >= 15 is 0 Å². The molecule has 1 atom stereocenters. The largest absolute Gasteiger partial charge is 0.312 e. The molecule has 0 radical (unpaired) electrons. The Labute approximate surface area is 114 Å². The highest BCUT2D eigenvalue weighted by atomic mass is 32.1. The monoisotopic (exact) mass is 274 g/mol. The molecule has 2 heterocycles. The number of nitrogens with one attached hydrogen (secondary N) is 1. The van der Waals surface area contributed by atoms with Gasteiger partial charge in [-0.3, -0.25) is 4.98 Å². The van der Waals surface area contributed by atoms with Gasteiger partial charge in [0.05, 0.1) is 5.51 Å². The Hall–Kier alpha value is -1.23. The van der Waals surface area contributed by atoms with Gasteiger partial charge in [-0.25, -0.2) is 0 Å². The minimum Gasteiger partial charge on any atom is -0.312 e. The van der Waals surface area contributed by atoms with E-state index in [2.05, 4.69) is 40.6 Å². The van der Waals surface area contributed by atoms with Crippen LogP contribution in [0.5, 0.6) is 0 Å². The first-order valence-corrected chi connectivity index (χ1v) is 7.59. The van der Waals surface area contributed by atoms with Gasteiger partial charge in [-0.1, -0.05) is 18.2 Å². The van der Waals surface area contributed by atoms with E-state index in [1.807, 2.05) is 30.1 Å². The molecule has 4 heteroatoms. The van der Waals surface area contributed by atoms with E-state index in [1.165, 1.54) is 19.8 Å². The van der Waals surface area contributed by atoms with Crippen LogP contribution in [0.3, 0.4) is 0 Å². The molecule has 0 bridgehead atoms. The van der Waals surface area contributed by atoms with Gasteiger partial charge < -0.3 is 5.32 Å². The number of fused-ring (bicyclic) bond motifs is 1. The van der Waals surface area contributed by atoms with Gasteiger partial charge in [0.25, 0.3) is 0 Å². The number of thiophene rings is 1. The standard InChI is InChI=1S/C14H14N2S2/c1-15-12(7-11-8-16-9-17-11)14-6-10-4-2-3-5-13(10)18-14/h2-6,8-9,12,15H,7H2,1H3. The first kappa shape index (κ1) is 11.8. The summed E-state index contributed by atoms with van der Waals surface area (Å²) in [5.41, 5.74) is 1.90. The van der Waals surface area contributed by atoms with Gasteiger partial charge in [0.1, 0.15) is 0 Å². The zero-order valence-corrected chi connectivity index (χ0v) is 11.7. The predicted octanol–water partition coefficient (Wildman–Crippen LogP) is 3.86. The lowest BCUT2D eigenvalue weighted by Gasteiger charge is -2.12. The van der Waals surface area contributed by atoms with Crippen LogP contribution in [0.2, 0.25) is 0 Å². The number of benzene rings is 1. The first-order chi connectivity index (χ1) is 8.86. The smallest absolute Gasteiger partial charge is 0.0794 e. The number of hydrogen-bond donors (Lipinski definition) is 1. The van der Waals surface area contributed by atoms with Crippen LogP contribution < -0.4 is 5.32 Å². The van der Waals surface area contributed by atoms with E-state index in [9.17, 15) is 0 Å². The topological polar surface area (TPSA) is 24.9 Å². The van der Waals surface area contributed by atoms with Crippen molar-refractivity contribution in [1.82, 2.24) is 10.3 Å². The maximum Gasteiger partial charge on any atom is 0.0794 e. The number of nitrogens with zero attached hydrogens (tertiary/aromatic N) is 1. The number of aromatic nitrogens is 1.